The lowest BCUT2D eigenvalue weighted by Gasteiger charge is -2.45. The van der Waals surface area contributed by atoms with Crippen LogP contribution < -0.4 is 36.0 Å². The summed E-state index contributed by atoms with van der Waals surface area (Å²) in [7, 11) is 0. The van der Waals surface area contributed by atoms with E-state index in [0.29, 0.717) is 0 Å². The standard InChI is InChI=1S/C72H71BN4O/c1-69(2,3)50-23-29-56(30-24-50)74(57-31-25-51(26-32-57)70(4,5)6)59-35-37-60(38-36-59)75(58-33-27-52(28-34-58)71(7,8)9)61-39-40-62-65(45-61)77(55-21-17-14-18-22-55)67-44-53(72(10,11)12)43-66-68(67)73(62)63-41-48-46-78-47-49(48)42-64(63)76(66)54-19-15-13-16-20-54/h13-47H,1-12H3. The number of hydrogen-bond acceptors (Lipinski definition) is 5. The number of anilines is 12. The van der Waals surface area contributed by atoms with Crippen LogP contribution in [0.3, 0.4) is 0 Å². The van der Waals surface area contributed by atoms with Gasteiger partial charge >= 0.3 is 0 Å². The molecule has 0 radical (unpaired) electrons. The molecular weight excluding hydrogens is 948 g/mol. The number of para-hydroxylation sites is 2. The molecule has 10 aromatic rings. The van der Waals surface area contributed by atoms with Gasteiger partial charge in [0, 0.05) is 79.0 Å². The van der Waals surface area contributed by atoms with Crippen molar-refractivity contribution >= 4 is 102 Å². The summed E-state index contributed by atoms with van der Waals surface area (Å²) in [4.78, 5) is 9.85. The number of rotatable bonds is 8. The third-order valence-electron chi connectivity index (χ3n) is 16.1. The topological polar surface area (TPSA) is 26.1 Å². The van der Waals surface area contributed by atoms with Crippen LogP contribution in [0.25, 0.3) is 10.8 Å². The molecule has 0 unspecified atom stereocenters. The van der Waals surface area contributed by atoms with Gasteiger partial charge in [-0.1, -0.05) is 168 Å². The smallest absolute Gasteiger partial charge is 0.252 e. The fourth-order valence-electron chi connectivity index (χ4n) is 11.7. The minimum Gasteiger partial charge on any atom is -0.471 e. The van der Waals surface area contributed by atoms with Gasteiger partial charge in [0.05, 0.1) is 12.5 Å². The predicted octanol–water partition coefficient (Wildman–Crippen LogP) is 18.6. The monoisotopic (exact) mass is 1020 g/mol. The van der Waals surface area contributed by atoms with E-state index in [9.17, 15) is 0 Å². The lowest BCUT2D eigenvalue weighted by atomic mass is 9.33. The van der Waals surface area contributed by atoms with E-state index < -0.39 is 0 Å². The summed E-state index contributed by atoms with van der Waals surface area (Å²) in [5, 5.41) is 2.18. The van der Waals surface area contributed by atoms with Crippen molar-refractivity contribution in [3.63, 3.8) is 0 Å². The molecule has 0 aliphatic carbocycles. The number of hydrogen-bond donors (Lipinski definition) is 0. The first-order valence-corrected chi connectivity index (χ1v) is 27.8. The average molecular weight is 1020 g/mol. The van der Waals surface area contributed by atoms with Crippen LogP contribution >= 0.6 is 0 Å². The Hall–Kier alpha value is -8.22. The molecule has 0 fully saturated rings. The quantitative estimate of drug-likeness (QED) is 0.141. The zero-order valence-corrected chi connectivity index (χ0v) is 47.5. The molecule has 6 heteroatoms. The van der Waals surface area contributed by atoms with Gasteiger partial charge in [-0.05, 0) is 176 Å². The molecule has 2 aliphatic heterocycles. The van der Waals surface area contributed by atoms with Crippen molar-refractivity contribution in [2.75, 3.05) is 19.6 Å². The van der Waals surface area contributed by atoms with Crippen molar-refractivity contribution in [1.29, 1.82) is 0 Å². The summed E-state index contributed by atoms with van der Waals surface area (Å²) in [5.41, 5.74) is 22.4. The molecule has 3 heterocycles. The molecule has 0 atom stereocenters. The van der Waals surface area contributed by atoms with Crippen LogP contribution in [0.1, 0.15) is 105 Å². The molecule has 0 saturated carbocycles. The Bertz CT molecular complexity index is 3760. The first-order valence-electron chi connectivity index (χ1n) is 27.8. The fraction of sp³-hybridized carbons (Fsp3) is 0.222. The Labute approximate surface area is 463 Å². The third-order valence-corrected chi connectivity index (χ3v) is 16.1. The van der Waals surface area contributed by atoms with Crippen molar-refractivity contribution in [1.82, 2.24) is 0 Å². The Morgan fingerprint density at radius 3 is 1.06 bits per heavy atom. The molecule has 0 N–H and O–H groups in total. The summed E-state index contributed by atoms with van der Waals surface area (Å²) >= 11 is 0. The van der Waals surface area contributed by atoms with Gasteiger partial charge < -0.3 is 24.0 Å². The van der Waals surface area contributed by atoms with Crippen molar-refractivity contribution in [3.8, 4) is 0 Å². The van der Waals surface area contributed by atoms with Crippen molar-refractivity contribution < 1.29 is 4.42 Å². The Balaban J connectivity index is 1.06. The largest absolute Gasteiger partial charge is 0.471 e. The molecule has 2 aliphatic rings. The van der Waals surface area contributed by atoms with Crippen molar-refractivity contribution in [2.45, 2.75) is 105 Å². The minimum atomic E-state index is -0.147. The Kier molecular flexibility index (Phi) is 12.2. The van der Waals surface area contributed by atoms with E-state index in [4.69, 9.17) is 4.42 Å². The number of furan rings is 1. The van der Waals surface area contributed by atoms with Gasteiger partial charge in [0.15, 0.2) is 0 Å². The number of benzene rings is 9. The summed E-state index contributed by atoms with van der Waals surface area (Å²) in [5.74, 6) is 0. The number of nitrogens with zero attached hydrogens (tertiary/aromatic N) is 4. The van der Waals surface area contributed by atoms with E-state index in [1.807, 2.05) is 12.5 Å². The van der Waals surface area contributed by atoms with Gasteiger partial charge in [-0.15, -0.1) is 0 Å². The Morgan fingerprint density at radius 2 is 0.667 bits per heavy atom. The van der Waals surface area contributed by atoms with Crippen LogP contribution in [0.5, 0.6) is 0 Å². The van der Waals surface area contributed by atoms with Crippen molar-refractivity contribution in [3.05, 3.63) is 235 Å². The van der Waals surface area contributed by atoms with Crippen LogP contribution in [-0.4, -0.2) is 6.71 Å². The van der Waals surface area contributed by atoms with E-state index in [1.165, 1.54) is 50.0 Å². The molecule has 0 amide bonds. The van der Waals surface area contributed by atoms with Crippen LogP contribution in [0.2, 0.25) is 0 Å². The zero-order chi connectivity index (χ0) is 54.5. The zero-order valence-electron chi connectivity index (χ0n) is 47.5. The third kappa shape index (κ3) is 9.05. The van der Waals surface area contributed by atoms with E-state index in [-0.39, 0.29) is 28.4 Å². The molecule has 0 spiro atoms. The molecule has 78 heavy (non-hydrogen) atoms. The lowest BCUT2D eigenvalue weighted by molar-refractivity contribution is 0.572. The summed E-state index contributed by atoms with van der Waals surface area (Å²) in [6, 6.07) is 75.3. The second-order valence-electron chi connectivity index (χ2n) is 25.7. The Morgan fingerprint density at radius 1 is 0.321 bits per heavy atom. The molecule has 5 nitrogen and oxygen atoms in total. The van der Waals surface area contributed by atoms with E-state index in [1.54, 1.807) is 0 Å². The van der Waals surface area contributed by atoms with Gasteiger partial charge in [-0.3, -0.25) is 0 Å². The van der Waals surface area contributed by atoms with E-state index in [2.05, 4.69) is 303 Å². The molecule has 0 bridgehead atoms. The normalized spacial score (nSPS) is 13.3. The van der Waals surface area contributed by atoms with Gasteiger partial charge in [-0.25, -0.2) is 0 Å². The van der Waals surface area contributed by atoms with Gasteiger partial charge in [0.25, 0.3) is 6.71 Å². The highest BCUT2D eigenvalue weighted by Gasteiger charge is 2.45. The average Bonchev–Trinajstić information content (AvgIpc) is 3.64. The number of fused-ring (bicyclic) bond motifs is 5. The fourth-order valence-corrected chi connectivity index (χ4v) is 11.7. The molecule has 1 aromatic heterocycles. The summed E-state index contributed by atoms with van der Waals surface area (Å²) in [6.07, 6.45) is 3.77. The molecule has 0 saturated heterocycles. The first-order chi connectivity index (χ1) is 37.2. The summed E-state index contributed by atoms with van der Waals surface area (Å²) in [6.45, 7) is 27.4. The maximum Gasteiger partial charge on any atom is 0.252 e. The van der Waals surface area contributed by atoms with Gasteiger partial charge in [0.1, 0.15) is 0 Å². The first kappa shape index (κ1) is 50.6. The van der Waals surface area contributed by atoms with E-state index >= 15 is 0 Å². The maximum atomic E-state index is 5.93. The van der Waals surface area contributed by atoms with E-state index in [0.717, 1.165) is 67.6 Å². The maximum absolute atomic E-state index is 5.93. The highest BCUT2D eigenvalue weighted by molar-refractivity contribution is 7.00. The molecule has 9 aromatic carbocycles. The van der Waals surface area contributed by atoms with Crippen molar-refractivity contribution in [2.24, 2.45) is 0 Å². The van der Waals surface area contributed by atoms with Crippen LogP contribution in [0, 0.1) is 0 Å². The second kappa shape index (κ2) is 18.8. The van der Waals surface area contributed by atoms with Crippen LogP contribution in [-0.2, 0) is 21.7 Å². The molecule has 388 valence electrons. The molecule has 12 rings (SSSR count). The highest BCUT2D eigenvalue weighted by Crippen LogP contribution is 2.49. The second-order valence-corrected chi connectivity index (χ2v) is 25.7. The van der Waals surface area contributed by atoms with Crippen LogP contribution in [0.15, 0.2) is 217 Å². The minimum absolute atomic E-state index is 0.000788. The lowest BCUT2D eigenvalue weighted by Crippen LogP contribution is -2.61. The highest BCUT2D eigenvalue weighted by atomic mass is 16.3. The predicted molar refractivity (Wildman–Crippen MR) is 334 cm³/mol. The van der Waals surface area contributed by atoms with Crippen LogP contribution in [0.4, 0.5) is 68.2 Å². The SMILES string of the molecule is CC(C)(C)c1ccc(N(c2ccc(N(c3ccc(C(C)(C)C)cc3)c3ccc4c(c3)N(c3ccccc3)c3cc(C(C)(C)C)cc5c3B4c3cc4cocc4cc3N5c3ccccc3)cc2)c2ccc(C(C)(C)C)cc2)cc1. The van der Waals surface area contributed by atoms with Gasteiger partial charge in [0.2, 0.25) is 0 Å². The summed E-state index contributed by atoms with van der Waals surface area (Å²) < 4.78 is 5.93. The van der Waals surface area contributed by atoms with Gasteiger partial charge in [-0.2, -0.15) is 0 Å². The molecular formula is C72H71BN4O.